The fraction of sp³-hybridized carbons (Fsp3) is 0.667. The van der Waals surface area contributed by atoms with Gasteiger partial charge in [-0.1, -0.05) is 18.2 Å². The molecule has 1 saturated carbocycles. The summed E-state index contributed by atoms with van der Waals surface area (Å²) in [6, 6.07) is 9.58. The average Bonchev–Trinajstić information content (AvgIpc) is 3.37. The number of likely N-dealkylation sites (tertiary alicyclic amines) is 1. The molecule has 0 amide bonds. The van der Waals surface area contributed by atoms with Crippen molar-refractivity contribution in [2.45, 2.75) is 44.7 Å². The van der Waals surface area contributed by atoms with E-state index in [0.717, 1.165) is 17.7 Å². The maximum atomic E-state index is 5.51. The summed E-state index contributed by atoms with van der Waals surface area (Å²) < 4.78 is 5.51. The first-order chi connectivity index (χ1) is 10.3. The molecule has 21 heavy (non-hydrogen) atoms. The van der Waals surface area contributed by atoms with Crippen molar-refractivity contribution in [1.29, 1.82) is 0 Å². The number of nitrogens with zero attached hydrogens (tertiary/aromatic N) is 1. The molecule has 1 aliphatic carbocycles. The van der Waals surface area contributed by atoms with Gasteiger partial charge in [-0.3, -0.25) is 4.90 Å². The molecule has 3 nitrogen and oxygen atoms in total. The highest BCUT2D eigenvalue weighted by molar-refractivity contribution is 5.35. The van der Waals surface area contributed by atoms with Crippen LogP contribution < -0.4 is 10.1 Å². The fourth-order valence-corrected chi connectivity index (χ4v) is 3.35. The summed E-state index contributed by atoms with van der Waals surface area (Å²) in [7, 11) is 1.76. The van der Waals surface area contributed by atoms with E-state index >= 15 is 0 Å². The molecular formula is C18H28N2O. The van der Waals surface area contributed by atoms with Crippen LogP contribution in [0.2, 0.25) is 0 Å². The number of para-hydroxylation sites is 1. The van der Waals surface area contributed by atoms with E-state index in [1.54, 1.807) is 7.11 Å². The van der Waals surface area contributed by atoms with E-state index in [2.05, 4.69) is 35.3 Å². The quantitative estimate of drug-likeness (QED) is 0.870. The van der Waals surface area contributed by atoms with Crippen LogP contribution >= 0.6 is 0 Å². The standard InChI is InChI=1S/C18H28N2O/c1-14(17-5-3-4-6-18(17)21-2)20-11-9-16(10-12-20)19-13-15-7-8-15/h3-6,14-16,19H,7-13H2,1-2H3. The molecule has 1 heterocycles. The molecule has 1 aromatic rings. The van der Waals surface area contributed by atoms with Crippen LogP contribution in [0.4, 0.5) is 0 Å². The zero-order valence-corrected chi connectivity index (χ0v) is 13.3. The molecule has 2 aliphatic rings. The van der Waals surface area contributed by atoms with Gasteiger partial charge in [0.05, 0.1) is 7.11 Å². The van der Waals surface area contributed by atoms with Crippen molar-refractivity contribution in [2.75, 3.05) is 26.7 Å². The van der Waals surface area contributed by atoms with E-state index in [0.29, 0.717) is 6.04 Å². The minimum Gasteiger partial charge on any atom is -0.496 e. The number of rotatable bonds is 6. The van der Waals surface area contributed by atoms with Crippen LogP contribution in [0.15, 0.2) is 24.3 Å². The summed E-state index contributed by atoms with van der Waals surface area (Å²) in [5.74, 6) is 1.99. The molecule has 1 atom stereocenters. The highest BCUT2D eigenvalue weighted by Crippen LogP contribution is 2.31. The Labute approximate surface area is 128 Å². The van der Waals surface area contributed by atoms with E-state index < -0.39 is 0 Å². The van der Waals surface area contributed by atoms with E-state index in [4.69, 9.17) is 4.74 Å². The maximum Gasteiger partial charge on any atom is 0.123 e. The van der Waals surface area contributed by atoms with Gasteiger partial charge in [0.1, 0.15) is 5.75 Å². The third-order valence-electron chi connectivity index (χ3n) is 5.06. The van der Waals surface area contributed by atoms with Crippen molar-refractivity contribution >= 4 is 0 Å². The third kappa shape index (κ3) is 3.78. The summed E-state index contributed by atoms with van der Waals surface area (Å²) >= 11 is 0. The van der Waals surface area contributed by atoms with E-state index in [1.165, 1.54) is 50.9 Å². The molecule has 2 fully saturated rings. The van der Waals surface area contributed by atoms with Crippen molar-refractivity contribution in [2.24, 2.45) is 5.92 Å². The first kappa shape index (κ1) is 14.9. The van der Waals surface area contributed by atoms with Gasteiger partial charge in [-0.05, 0) is 51.1 Å². The van der Waals surface area contributed by atoms with Gasteiger partial charge < -0.3 is 10.1 Å². The van der Waals surface area contributed by atoms with Crippen molar-refractivity contribution < 1.29 is 4.74 Å². The molecule has 3 heteroatoms. The lowest BCUT2D eigenvalue weighted by molar-refractivity contribution is 0.150. The minimum atomic E-state index is 0.436. The van der Waals surface area contributed by atoms with Crippen LogP contribution in [-0.4, -0.2) is 37.7 Å². The Morgan fingerprint density at radius 3 is 2.57 bits per heavy atom. The normalized spacial score (nSPS) is 22.2. The van der Waals surface area contributed by atoms with E-state index in [1.807, 2.05) is 6.07 Å². The molecule has 1 aliphatic heterocycles. The number of hydrogen-bond acceptors (Lipinski definition) is 3. The smallest absolute Gasteiger partial charge is 0.123 e. The Kier molecular flexibility index (Phi) is 4.81. The molecule has 0 spiro atoms. The molecule has 116 valence electrons. The molecule has 0 bridgehead atoms. The lowest BCUT2D eigenvalue weighted by Crippen LogP contribution is -2.43. The highest BCUT2D eigenvalue weighted by Gasteiger charge is 2.27. The van der Waals surface area contributed by atoms with Crippen molar-refractivity contribution in [3.63, 3.8) is 0 Å². The summed E-state index contributed by atoms with van der Waals surface area (Å²) in [4.78, 5) is 2.59. The first-order valence-corrected chi connectivity index (χ1v) is 8.38. The minimum absolute atomic E-state index is 0.436. The van der Waals surface area contributed by atoms with Gasteiger partial charge in [-0.25, -0.2) is 0 Å². The monoisotopic (exact) mass is 288 g/mol. The second kappa shape index (κ2) is 6.80. The van der Waals surface area contributed by atoms with Crippen LogP contribution in [0.25, 0.3) is 0 Å². The van der Waals surface area contributed by atoms with Gasteiger partial charge >= 0.3 is 0 Å². The second-order valence-electron chi connectivity index (χ2n) is 6.58. The first-order valence-electron chi connectivity index (χ1n) is 8.38. The van der Waals surface area contributed by atoms with Gasteiger partial charge in [0, 0.05) is 30.7 Å². The Bertz CT molecular complexity index is 450. The van der Waals surface area contributed by atoms with Crippen LogP contribution in [0.5, 0.6) is 5.75 Å². The van der Waals surface area contributed by atoms with Crippen LogP contribution in [0.1, 0.15) is 44.2 Å². The van der Waals surface area contributed by atoms with Gasteiger partial charge in [-0.2, -0.15) is 0 Å². The molecule has 1 N–H and O–H groups in total. The molecular weight excluding hydrogens is 260 g/mol. The number of piperidine rings is 1. The second-order valence-corrected chi connectivity index (χ2v) is 6.58. The SMILES string of the molecule is COc1ccccc1C(C)N1CCC(NCC2CC2)CC1. The molecule has 1 saturated heterocycles. The van der Waals surface area contributed by atoms with Gasteiger partial charge in [0.15, 0.2) is 0 Å². The Morgan fingerprint density at radius 2 is 1.90 bits per heavy atom. The average molecular weight is 288 g/mol. The van der Waals surface area contributed by atoms with Gasteiger partial charge in [-0.15, -0.1) is 0 Å². The number of nitrogens with one attached hydrogen (secondary N) is 1. The number of ether oxygens (including phenoxy) is 1. The van der Waals surface area contributed by atoms with E-state index in [9.17, 15) is 0 Å². The molecule has 0 aromatic heterocycles. The zero-order valence-electron chi connectivity index (χ0n) is 13.3. The summed E-state index contributed by atoms with van der Waals surface area (Å²) in [5.41, 5.74) is 1.31. The van der Waals surface area contributed by atoms with Crippen molar-refractivity contribution in [1.82, 2.24) is 10.2 Å². The Morgan fingerprint density at radius 1 is 1.19 bits per heavy atom. The number of hydrogen-bond donors (Lipinski definition) is 1. The van der Waals surface area contributed by atoms with Crippen molar-refractivity contribution in [3.8, 4) is 5.75 Å². The van der Waals surface area contributed by atoms with Crippen LogP contribution in [-0.2, 0) is 0 Å². The lowest BCUT2D eigenvalue weighted by atomic mass is 9.99. The van der Waals surface area contributed by atoms with Crippen LogP contribution in [0.3, 0.4) is 0 Å². The predicted octanol–water partition coefficient (Wildman–Crippen LogP) is 3.22. The molecule has 3 rings (SSSR count). The Balaban J connectivity index is 1.53. The predicted molar refractivity (Wildman–Crippen MR) is 86.7 cm³/mol. The fourth-order valence-electron chi connectivity index (χ4n) is 3.35. The van der Waals surface area contributed by atoms with Crippen molar-refractivity contribution in [3.05, 3.63) is 29.8 Å². The summed E-state index contributed by atoms with van der Waals surface area (Å²) in [6.45, 7) is 5.91. The van der Waals surface area contributed by atoms with Gasteiger partial charge in [0.25, 0.3) is 0 Å². The highest BCUT2D eigenvalue weighted by atomic mass is 16.5. The molecule has 0 radical (unpaired) electrons. The molecule has 1 unspecified atom stereocenters. The number of benzene rings is 1. The third-order valence-corrected chi connectivity index (χ3v) is 5.06. The number of methoxy groups -OCH3 is 1. The van der Waals surface area contributed by atoms with Crippen LogP contribution in [0, 0.1) is 5.92 Å². The zero-order chi connectivity index (χ0) is 14.7. The largest absolute Gasteiger partial charge is 0.496 e. The summed E-state index contributed by atoms with van der Waals surface area (Å²) in [6.07, 6.45) is 5.42. The topological polar surface area (TPSA) is 24.5 Å². The summed E-state index contributed by atoms with van der Waals surface area (Å²) in [5, 5.41) is 3.75. The van der Waals surface area contributed by atoms with E-state index in [-0.39, 0.29) is 0 Å². The Hall–Kier alpha value is -1.06. The maximum absolute atomic E-state index is 5.51. The van der Waals surface area contributed by atoms with Gasteiger partial charge in [0.2, 0.25) is 0 Å². The molecule has 1 aromatic carbocycles. The lowest BCUT2D eigenvalue weighted by Gasteiger charge is -2.37.